The van der Waals surface area contributed by atoms with Crippen molar-refractivity contribution in [2.24, 2.45) is 11.3 Å². The molecule has 2 saturated carbocycles. The van der Waals surface area contributed by atoms with E-state index in [0.29, 0.717) is 18.0 Å². The van der Waals surface area contributed by atoms with E-state index in [1.165, 1.54) is 36.2 Å². The Morgan fingerprint density at radius 2 is 1.79 bits per heavy atom. The van der Waals surface area contributed by atoms with Gasteiger partial charge in [-0.25, -0.2) is 13.6 Å². The van der Waals surface area contributed by atoms with Crippen LogP contribution in [0.3, 0.4) is 0 Å². The summed E-state index contributed by atoms with van der Waals surface area (Å²) in [5.41, 5.74) is 4.04. The molecule has 1 aromatic heterocycles. The lowest BCUT2D eigenvalue weighted by Gasteiger charge is -2.37. The molecule has 4 fully saturated rings. The number of carboxylic acids is 1. The number of carboxylic acid groups (broad SMARTS) is 1. The van der Waals surface area contributed by atoms with Crippen LogP contribution in [0, 0.1) is 11.3 Å². The number of anilines is 2. The molecule has 0 radical (unpaired) electrons. The third-order valence-electron chi connectivity index (χ3n) is 9.96. The van der Waals surface area contributed by atoms with E-state index < -0.39 is 23.7 Å². The third-order valence-corrected chi connectivity index (χ3v) is 10.2. The fourth-order valence-electron chi connectivity index (χ4n) is 7.24. The Hall–Kier alpha value is -2.88. The van der Waals surface area contributed by atoms with Gasteiger partial charge in [0.05, 0.1) is 12.2 Å². The summed E-state index contributed by atoms with van der Waals surface area (Å²) in [7, 11) is 0. The Balaban J connectivity index is 0.00000329. The van der Waals surface area contributed by atoms with E-state index in [9.17, 15) is 18.7 Å². The molecule has 0 amide bonds. The highest BCUT2D eigenvalue weighted by Crippen LogP contribution is 2.70. The maximum absolute atomic E-state index is 13.9. The van der Waals surface area contributed by atoms with Crippen LogP contribution in [0.2, 0.25) is 5.02 Å². The largest absolute Gasteiger partial charge is 0.478 e. The Morgan fingerprint density at radius 1 is 1.05 bits per heavy atom. The lowest BCUT2D eigenvalue weighted by atomic mass is 9.99. The smallest absolute Gasteiger partial charge is 0.339 e. The highest BCUT2D eigenvalue weighted by molar-refractivity contribution is 6.31. The van der Waals surface area contributed by atoms with Crippen molar-refractivity contribution in [3.63, 3.8) is 0 Å². The maximum atomic E-state index is 13.9. The summed E-state index contributed by atoms with van der Waals surface area (Å²) in [4.78, 5) is 18.8. The first-order valence-electron chi connectivity index (χ1n) is 15.0. The molecule has 43 heavy (non-hydrogen) atoms. The van der Waals surface area contributed by atoms with Crippen molar-refractivity contribution in [2.45, 2.75) is 44.6 Å². The van der Waals surface area contributed by atoms with E-state index in [2.05, 4.69) is 44.1 Å². The minimum Gasteiger partial charge on any atom is -0.478 e. The van der Waals surface area contributed by atoms with E-state index in [1.807, 2.05) is 18.2 Å². The third kappa shape index (κ3) is 5.96. The van der Waals surface area contributed by atoms with Gasteiger partial charge in [-0.05, 0) is 73.3 Å². The number of benzene rings is 2. The number of halogens is 4. The number of piperidine rings is 1. The van der Waals surface area contributed by atoms with Gasteiger partial charge in [-0.15, -0.1) is 12.4 Å². The molecule has 7 rings (SSSR count). The number of alkyl halides is 2. The molecule has 2 aromatic carbocycles. The highest BCUT2D eigenvalue weighted by atomic mass is 35.5. The molecule has 2 atom stereocenters. The van der Waals surface area contributed by atoms with Crippen LogP contribution in [-0.4, -0.2) is 71.6 Å². The quantitative estimate of drug-likeness (QED) is 0.288. The monoisotopic (exact) mass is 631 g/mol. The lowest BCUT2D eigenvalue weighted by Crippen LogP contribution is -2.47. The lowest BCUT2D eigenvalue weighted by molar-refractivity contribution is 0.0681. The molecule has 1 N–H and O–H groups in total. The molecule has 0 bridgehead atoms. The van der Waals surface area contributed by atoms with Gasteiger partial charge in [0, 0.05) is 67.8 Å². The van der Waals surface area contributed by atoms with Gasteiger partial charge in [-0.2, -0.15) is 5.10 Å². The van der Waals surface area contributed by atoms with Crippen molar-refractivity contribution < 1.29 is 18.7 Å². The number of rotatable bonds is 8. The predicted molar refractivity (Wildman–Crippen MR) is 167 cm³/mol. The number of nitrogens with zero attached hydrogens (tertiary/aromatic N) is 5. The molecule has 230 valence electrons. The van der Waals surface area contributed by atoms with Crippen molar-refractivity contribution in [3.05, 3.63) is 64.9 Å². The van der Waals surface area contributed by atoms with Crippen LogP contribution >= 0.6 is 24.0 Å². The van der Waals surface area contributed by atoms with Crippen LogP contribution in [0.5, 0.6) is 0 Å². The van der Waals surface area contributed by atoms with Gasteiger partial charge in [0.2, 0.25) is 0 Å². The summed E-state index contributed by atoms with van der Waals surface area (Å²) in [6.45, 7) is 6.75. The van der Waals surface area contributed by atoms with Crippen molar-refractivity contribution in [1.29, 1.82) is 0 Å². The highest BCUT2D eigenvalue weighted by Gasteiger charge is 2.62. The van der Waals surface area contributed by atoms with Gasteiger partial charge < -0.3 is 14.9 Å². The molecule has 2 aliphatic heterocycles. The fraction of sp³-hybridized carbons (Fsp3) is 0.500. The predicted octanol–water partition coefficient (Wildman–Crippen LogP) is 7.02. The van der Waals surface area contributed by atoms with Gasteiger partial charge in [0.25, 0.3) is 6.43 Å². The van der Waals surface area contributed by atoms with Crippen LogP contribution in [0.1, 0.15) is 60.6 Å². The molecule has 3 aromatic rings. The first-order valence-corrected chi connectivity index (χ1v) is 15.4. The molecule has 1 spiro atoms. The van der Waals surface area contributed by atoms with E-state index in [0.717, 1.165) is 73.5 Å². The fourth-order valence-corrected chi connectivity index (χ4v) is 7.41. The molecule has 11 heteroatoms. The topological polar surface area (TPSA) is 64.8 Å². The number of hydrogen-bond donors (Lipinski definition) is 1. The molecular weight excluding hydrogens is 595 g/mol. The second-order valence-electron chi connectivity index (χ2n) is 12.5. The maximum Gasteiger partial charge on any atom is 0.339 e. The normalized spacial score (nSPS) is 23.0. The number of piperazine rings is 1. The van der Waals surface area contributed by atoms with Crippen molar-refractivity contribution in [1.82, 2.24) is 14.7 Å². The Morgan fingerprint density at radius 3 is 2.44 bits per heavy atom. The van der Waals surface area contributed by atoms with E-state index >= 15 is 0 Å². The summed E-state index contributed by atoms with van der Waals surface area (Å²) < 4.78 is 29.0. The summed E-state index contributed by atoms with van der Waals surface area (Å²) in [5, 5.41) is 14.1. The summed E-state index contributed by atoms with van der Waals surface area (Å²) in [6.07, 6.45) is 3.86. The van der Waals surface area contributed by atoms with E-state index in [-0.39, 0.29) is 18.4 Å². The summed E-state index contributed by atoms with van der Waals surface area (Å²) >= 11 is 6.46. The Kier molecular flexibility index (Phi) is 8.35. The van der Waals surface area contributed by atoms with E-state index in [1.54, 1.807) is 0 Å². The van der Waals surface area contributed by atoms with Crippen molar-refractivity contribution >= 4 is 41.4 Å². The minimum absolute atomic E-state index is 0. The summed E-state index contributed by atoms with van der Waals surface area (Å²) in [5.74, 6) is -0.448. The minimum atomic E-state index is -2.93. The number of aromatic carboxylic acids is 1. The average molecular weight is 633 g/mol. The molecule has 4 aliphatic rings. The Labute approximate surface area is 261 Å². The van der Waals surface area contributed by atoms with Gasteiger partial charge in [0.1, 0.15) is 11.3 Å². The Bertz CT molecular complexity index is 1470. The average Bonchev–Trinajstić information content (AvgIpc) is 3.86. The zero-order valence-corrected chi connectivity index (χ0v) is 25.5. The first-order chi connectivity index (χ1) is 20.3. The molecule has 2 aliphatic carbocycles. The molecule has 3 heterocycles. The number of carbonyl (C=O) groups is 1. The standard InChI is InChI=1S/C32H36ClF2N5O2.ClH/c33-23-5-8-26(21-3-6-24(7-4-21)38-14-12-37(13-15-38)19-22-17-32(22)9-10-32)28(16-23)39-11-1-2-25(20-39)40-29(30(34)35)27(18-36-40)31(41)42;/h3-8,16,18,22,25,30H,1-2,9-15,17,19-20H2,(H,41,42);1H. The number of aromatic nitrogens is 2. The molecular formula is C32H37Cl2F2N5O2. The second kappa shape index (κ2) is 11.9. The van der Waals surface area contributed by atoms with Crippen LogP contribution in [0.15, 0.2) is 48.7 Å². The first kappa shape index (κ1) is 30.2. The molecule has 2 saturated heterocycles. The van der Waals surface area contributed by atoms with Crippen LogP contribution in [0.4, 0.5) is 20.2 Å². The van der Waals surface area contributed by atoms with Crippen molar-refractivity contribution in [3.8, 4) is 11.1 Å². The van der Waals surface area contributed by atoms with Crippen LogP contribution in [-0.2, 0) is 0 Å². The second-order valence-corrected chi connectivity index (χ2v) is 12.9. The van der Waals surface area contributed by atoms with Gasteiger partial charge in [0.15, 0.2) is 0 Å². The van der Waals surface area contributed by atoms with E-state index in [4.69, 9.17) is 11.6 Å². The summed E-state index contributed by atoms with van der Waals surface area (Å²) in [6, 6.07) is 14.1. The number of hydrogen-bond acceptors (Lipinski definition) is 5. The zero-order valence-electron chi connectivity index (χ0n) is 24.0. The van der Waals surface area contributed by atoms with Crippen molar-refractivity contribution in [2.75, 3.05) is 55.6 Å². The van der Waals surface area contributed by atoms with Crippen LogP contribution in [0.25, 0.3) is 11.1 Å². The van der Waals surface area contributed by atoms with Gasteiger partial charge >= 0.3 is 5.97 Å². The molecule has 7 nitrogen and oxygen atoms in total. The van der Waals surface area contributed by atoms with Crippen LogP contribution < -0.4 is 9.80 Å². The molecule has 2 unspecified atom stereocenters. The van der Waals surface area contributed by atoms with Gasteiger partial charge in [-0.3, -0.25) is 9.58 Å². The zero-order chi connectivity index (χ0) is 29.0. The van der Waals surface area contributed by atoms with Gasteiger partial charge in [-0.1, -0.05) is 29.8 Å². The SMILES string of the molecule is Cl.O=C(O)c1cnn(C2CCCN(c3cc(Cl)ccc3-c3ccc(N4CCN(CC5CC56CC6)CC4)cc3)C2)c1C(F)F.